The third-order valence-corrected chi connectivity index (χ3v) is 5.14. The third-order valence-electron chi connectivity index (χ3n) is 5.14. The number of piperidine rings is 1. The first-order chi connectivity index (χ1) is 13.8. The van der Waals surface area contributed by atoms with Gasteiger partial charge >= 0.3 is 0 Å². The Morgan fingerprint density at radius 2 is 1.79 bits per heavy atom. The van der Waals surface area contributed by atoms with Crippen LogP contribution in [0.4, 0.5) is 0 Å². The number of benzene rings is 2. The van der Waals surface area contributed by atoms with E-state index in [4.69, 9.17) is 20.0 Å². The van der Waals surface area contributed by atoms with Crippen molar-refractivity contribution in [3.63, 3.8) is 0 Å². The van der Waals surface area contributed by atoms with Crippen molar-refractivity contribution in [3.05, 3.63) is 59.2 Å². The lowest BCUT2D eigenvalue weighted by Crippen LogP contribution is -2.30. The third kappa shape index (κ3) is 4.57. The van der Waals surface area contributed by atoms with Crippen LogP contribution in [0.15, 0.2) is 47.6 Å². The van der Waals surface area contributed by atoms with E-state index in [9.17, 15) is 0 Å². The van der Waals surface area contributed by atoms with Gasteiger partial charge in [-0.05, 0) is 49.2 Å². The van der Waals surface area contributed by atoms with Crippen LogP contribution in [0.1, 0.15) is 36.0 Å². The average molecular weight is 381 g/mol. The highest BCUT2D eigenvalue weighted by Crippen LogP contribution is 2.30. The Morgan fingerprint density at radius 1 is 1.00 bits per heavy atom. The zero-order valence-electron chi connectivity index (χ0n) is 16.1. The van der Waals surface area contributed by atoms with Crippen molar-refractivity contribution in [3.8, 4) is 11.5 Å². The first-order valence-corrected chi connectivity index (χ1v) is 9.94. The number of nitrogens with zero attached hydrogens (tertiary/aromatic N) is 2. The minimum absolute atomic E-state index is 0.325. The predicted octanol–water partition coefficient (Wildman–Crippen LogP) is 3.28. The van der Waals surface area contributed by atoms with Gasteiger partial charge in [0.2, 0.25) is 0 Å². The zero-order valence-corrected chi connectivity index (χ0v) is 16.1. The summed E-state index contributed by atoms with van der Waals surface area (Å²) in [6.07, 6.45) is 3.87. The van der Waals surface area contributed by atoms with Gasteiger partial charge in [0.15, 0.2) is 17.3 Å². The van der Waals surface area contributed by atoms with Crippen LogP contribution < -0.4 is 15.2 Å². The Bertz CT molecular complexity index is 832. The monoisotopic (exact) mass is 381 g/mol. The van der Waals surface area contributed by atoms with Gasteiger partial charge in [0.05, 0.1) is 0 Å². The summed E-state index contributed by atoms with van der Waals surface area (Å²) >= 11 is 0. The molecule has 0 amide bonds. The molecule has 0 unspecified atom stereocenters. The molecular weight excluding hydrogens is 354 g/mol. The second-order valence-electron chi connectivity index (χ2n) is 7.22. The molecule has 2 heterocycles. The van der Waals surface area contributed by atoms with E-state index in [0.29, 0.717) is 25.7 Å². The summed E-state index contributed by atoms with van der Waals surface area (Å²) in [5, 5.41) is 4.16. The maximum Gasteiger partial charge on any atom is 0.170 e. The summed E-state index contributed by atoms with van der Waals surface area (Å²) in [5.41, 5.74) is 9.33. The fraction of sp³-hybridized carbons (Fsp3) is 0.409. The second-order valence-corrected chi connectivity index (χ2v) is 7.22. The molecular formula is C22H27N3O3. The van der Waals surface area contributed by atoms with Gasteiger partial charge in [0, 0.05) is 12.1 Å². The number of amidine groups is 1. The predicted molar refractivity (Wildman–Crippen MR) is 109 cm³/mol. The minimum atomic E-state index is 0.325. The fourth-order valence-electron chi connectivity index (χ4n) is 3.67. The van der Waals surface area contributed by atoms with Gasteiger partial charge in [0.1, 0.15) is 19.8 Å². The van der Waals surface area contributed by atoms with Crippen molar-refractivity contribution in [1.82, 2.24) is 4.90 Å². The van der Waals surface area contributed by atoms with Crippen LogP contribution in [-0.2, 0) is 18.0 Å². The topological polar surface area (TPSA) is 69.3 Å². The van der Waals surface area contributed by atoms with Crippen LogP contribution in [-0.4, -0.2) is 37.0 Å². The van der Waals surface area contributed by atoms with Gasteiger partial charge in [-0.3, -0.25) is 4.90 Å². The first kappa shape index (κ1) is 18.6. The highest BCUT2D eigenvalue weighted by Gasteiger charge is 2.14. The van der Waals surface area contributed by atoms with Gasteiger partial charge in [-0.15, -0.1) is 0 Å². The summed E-state index contributed by atoms with van der Waals surface area (Å²) in [5.74, 6) is 1.92. The molecule has 2 aliphatic rings. The lowest BCUT2D eigenvalue weighted by Gasteiger charge is -2.27. The molecule has 0 spiro atoms. The average Bonchev–Trinajstić information content (AvgIpc) is 2.75. The Kier molecular flexibility index (Phi) is 5.97. The molecule has 0 aromatic heterocycles. The molecule has 2 aliphatic heterocycles. The smallest absolute Gasteiger partial charge is 0.170 e. The van der Waals surface area contributed by atoms with E-state index < -0.39 is 0 Å². The number of likely N-dealkylation sites (tertiary alicyclic amines) is 1. The zero-order chi connectivity index (χ0) is 19.2. The molecule has 2 N–H and O–H groups in total. The Labute approximate surface area is 165 Å². The van der Waals surface area contributed by atoms with Gasteiger partial charge in [-0.2, -0.15) is 0 Å². The van der Waals surface area contributed by atoms with Crippen LogP contribution in [0, 0.1) is 0 Å². The Hall–Kier alpha value is -2.73. The van der Waals surface area contributed by atoms with Gasteiger partial charge < -0.3 is 20.0 Å². The molecule has 1 fully saturated rings. The molecule has 2 aromatic carbocycles. The maximum absolute atomic E-state index is 6.24. The number of ether oxygens (including phenoxy) is 2. The van der Waals surface area contributed by atoms with Crippen molar-refractivity contribution < 1.29 is 14.3 Å². The number of fused-ring (bicyclic) bond motifs is 1. The molecule has 0 atom stereocenters. The quantitative estimate of drug-likeness (QED) is 0.472. The van der Waals surface area contributed by atoms with Gasteiger partial charge in [-0.25, -0.2) is 0 Å². The first-order valence-electron chi connectivity index (χ1n) is 9.94. The summed E-state index contributed by atoms with van der Waals surface area (Å²) in [7, 11) is 0. The molecule has 4 rings (SSSR count). The fourth-order valence-corrected chi connectivity index (χ4v) is 3.67. The van der Waals surface area contributed by atoms with Crippen LogP contribution >= 0.6 is 0 Å². The lowest BCUT2D eigenvalue weighted by atomic mass is 10.0. The van der Waals surface area contributed by atoms with E-state index in [1.807, 2.05) is 36.4 Å². The molecule has 28 heavy (non-hydrogen) atoms. The molecule has 0 bridgehead atoms. The number of hydrogen-bond acceptors (Lipinski definition) is 5. The van der Waals surface area contributed by atoms with Crippen molar-refractivity contribution in [2.45, 2.75) is 32.4 Å². The second kappa shape index (κ2) is 8.97. The van der Waals surface area contributed by atoms with Crippen LogP contribution in [0.25, 0.3) is 0 Å². The highest BCUT2D eigenvalue weighted by molar-refractivity contribution is 5.98. The van der Waals surface area contributed by atoms with E-state index in [0.717, 1.165) is 42.3 Å². The van der Waals surface area contributed by atoms with E-state index in [2.05, 4.69) is 16.1 Å². The lowest BCUT2D eigenvalue weighted by molar-refractivity contribution is 0.129. The Balaban J connectivity index is 1.40. The molecule has 0 saturated carbocycles. The molecule has 0 radical (unpaired) electrons. The normalized spacial score (nSPS) is 17.4. The number of rotatable bonds is 6. The summed E-state index contributed by atoms with van der Waals surface area (Å²) in [6.45, 7) is 4.66. The molecule has 148 valence electrons. The highest BCUT2D eigenvalue weighted by atomic mass is 16.6. The molecule has 6 heteroatoms. The maximum atomic E-state index is 6.24. The summed E-state index contributed by atoms with van der Waals surface area (Å²) < 4.78 is 11.1. The van der Waals surface area contributed by atoms with Gasteiger partial charge in [0.25, 0.3) is 0 Å². The largest absolute Gasteiger partial charge is 0.486 e. The molecule has 2 aromatic rings. The van der Waals surface area contributed by atoms with Crippen LogP contribution in [0.5, 0.6) is 11.5 Å². The van der Waals surface area contributed by atoms with Crippen molar-refractivity contribution >= 4 is 5.84 Å². The molecule has 1 saturated heterocycles. The van der Waals surface area contributed by atoms with E-state index >= 15 is 0 Å². The van der Waals surface area contributed by atoms with Crippen molar-refractivity contribution in [2.24, 2.45) is 10.9 Å². The van der Waals surface area contributed by atoms with Crippen LogP contribution in [0.3, 0.4) is 0 Å². The Morgan fingerprint density at radius 3 is 2.64 bits per heavy atom. The van der Waals surface area contributed by atoms with E-state index in [1.165, 1.54) is 24.8 Å². The molecule has 0 aliphatic carbocycles. The van der Waals surface area contributed by atoms with Crippen LogP contribution in [0.2, 0.25) is 0 Å². The number of oxime groups is 1. The van der Waals surface area contributed by atoms with Gasteiger partial charge in [-0.1, -0.05) is 41.9 Å². The van der Waals surface area contributed by atoms with Crippen molar-refractivity contribution in [1.29, 1.82) is 0 Å². The summed E-state index contributed by atoms with van der Waals surface area (Å²) in [4.78, 5) is 8.00. The number of hydrogen-bond donors (Lipinski definition) is 1. The summed E-state index contributed by atoms with van der Waals surface area (Å²) in [6, 6.07) is 13.9. The SMILES string of the molecule is N/C(=N/OCc1ccc2c(c1)OCCO2)c1ccccc1CN1CCCCC1. The number of nitrogens with two attached hydrogens (primary N) is 1. The molecule has 6 nitrogen and oxygen atoms in total. The standard InChI is InChI=1S/C22H27N3O3/c23-22(19-7-3-2-6-18(19)15-25-10-4-1-5-11-25)24-28-16-17-8-9-20-21(14-17)27-13-12-26-20/h2-3,6-9,14H,1,4-5,10-13,15-16H2,(H2,23,24). The van der Waals surface area contributed by atoms with E-state index in [-0.39, 0.29) is 0 Å². The minimum Gasteiger partial charge on any atom is -0.486 e. The van der Waals surface area contributed by atoms with E-state index in [1.54, 1.807) is 0 Å². The van der Waals surface area contributed by atoms with Crippen molar-refractivity contribution in [2.75, 3.05) is 26.3 Å².